The van der Waals surface area contributed by atoms with Crippen LogP contribution in [-0.2, 0) is 0 Å². The Labute approximate surface area is 124 Å². The van der Waals surface area contributed by atoms with Crippen molar-refractivity contribution in [1.82, 2.24) is 0 Å². The van der Waals surface area contributed by atoms with E-state index in [1.165, 1.54) is 11.8 Å². The summed E-state index contributed by atoms with van der Waals surface area (Å²) in [5.74, 6) is 0.507. The number of hydrogen-bond donors (Lipinski definition) is 0. The van der Waals surface area contributed by atoms with Crippen molar-refractivity contribution in [3.05, 3.63) is 63.6 Å². The molecule has 0 aliphatic heterocycles. The molecule has 0 aliphatic rings. The second-order valence-corrected chi connectivity index (χ2v) is 6.08. The van der Waals surface area contributed by atoms with Crippen molar-refractivity contribution in [2.75, 3.05) is 5.75 Å². The summed E-state index contributed by atoms with van der Waals surface area (Å²) >= 11 is 10.8. The van der Waals surface area contributed by atoms with E-state index in [9.17, 15) is 4.79 Å². The van der Waals surface area contributed by atoms with Crippen LogP contribution in [0.5, 0.6) is 0 Å². The van der Waals surface area contributed by atoms with Crippen molar-refractivity contribution >= 4 is 45.1 Å². The Morgan fingerprint density at radius 1 is 1.17 bits per heavy atom. The SMILES string of the molecule is O=C(CSc1ccc(Br)cc1)c1cccc(Cl)c1. The minimum absolute atomic E-state index is 0.0884. The maximum absolute atomic E-state index is 11.9. The van der Waals surface area contributed by atoms with Crippen LogP contribution in [0.4, 0.5) is 0 Å². The van der Waals surface area contributed by atoms with Gasteiger partial charge in [-0.3, -0.25) is 4.79 Å². The minimum atomic E-state index is 0.0884. The molecule has 0 aliphatic carbocycles. The van der Waals surface area contributed by atoms with Gasteiger partial charge in [0.05, 0.1) is 5.75 Å². The fourth-order valence-electron chi connectivity index (χ4n) is 1.42. The lowest BCUT2D eigenvalue weighted by atomic mass is 10.1. The highest BCUT2D eigenvalue weighted by atomic mass is 79.9. The summed E-state index contributed by atoms with van der Waals surface area (Å²) in [6.07, 6.45) is 0. The Kier molecular flexibility index (Phi) is 4.87. The molecular formula is C14H10BrClOS. The number of hydrogen-bond acceptors (Lipinski definition) is 2. The van der Waals surface area contributed by atoms with Gasteiger partial charge in [0.1, 0.15) is 0 Å². The van der Waals surface area contributed by atoms with E-state index in [2.05, 4.69) is 15.9 Å². The van der Waals surface area contributed by atoms with E-state index < -0.39 is 0 Å². The number of rotatable bonds is 4. The molecule has 2 aromatic carbocycles. The minimum Gasteiger partial charge on any atom is -0.293 e. The average Bonchev–Trinajstić information content (AvgIpc) is 2.38. The predicted octanol–water partition coefficient (Wildman–Crippen LogP) is 5.08. The fourth-order valence-corrected chi connectivity index (χ4v) is 2.67. The zero-order valence-corrected chi connectivity index (χ0v) is 12.6. The molecule has 0 amide bonds. The molecule has 92 valence electrons. The molecule has 0 aromatic heterocycles. The summed E-state index contributed by atoms with van der Waals surface area (Å²) in [4.78, 5) is 13.0. The molecule has 0 fully saturated rings. The van der Waals surface area contributed by atoms with Crippen molar-refractivity contribution in [2.24, 2.45) is 0 Å². The van der Waals surface area contributed by atoms with Crippen molar-refractivity contribution < 1.29 is 4.79 Å². The second-order valence-electron chi connectivity index (χ2n) is 3.68. The number of carbonyl (C=O) groups excluding carboxylic acids is 1. The van der Waals surface area contributed by atoms with Crippen LogP contribution < -0.4 is 0 Å². The van der Waals surface area contributed by atoms with Crippen molar-refractivity contribution in [1.29, 1.82) is 0 Å². The Morgan fingerprint density at radius 3 is 2.56 bits per heavy atom. The quantitative estimate of drug-likeness (QED) is 0.570. The first-order chi connectivity index (χ1) is 8.65. The first-order valence-electron chi connectivity index (χ1n) is 5.32. The largest absolute Gasteiger partial charge is 0.293 e. The number of carbonyl (C=O) groups is 1. The van der Waals surface area contributed by atoms with E-state index in [4.69, 9.17) is 11.6 Å². The number of Topliss-reactive ketones (excluding diaryl/α,β-unsaturated/α-hetero) is 1. The van der Waals surface area contributed by atoms with E-state index >= 15 is 0 Å². The van der Waals surface area contributed by atoms with Gasteiger partial charge < -0.3 is 0 Å². The van der Waals surface area contributed by atoms with Gasteiger partial charge in [-0.25, -0.2) is 0 Å². The number of ketones is 1. The lowest BCUT2D eigenvalue weighted by molar-refractivity contribution is 0.102. The van der Waals surface area contributed by atoms with Gasteiger partial charge >= 0.3 is 0 Å². The topological polar surface area (TPSA) is 17.1 Å². The van der Waals surface area contributed by atoms with Crippen molar-refractivity contribution in [3.8, 4) is 0 Å². The zero-order chi connectivity index (χ0) is 13.0. The molecule has 0 unspecified atom stereocenters. The highest BCUT2D eigenvalue weighted by Crippen LogP contribution is 2.22. The van der Waals surface area contributed by atoms with Crippen molar-refractivity contribution in [2.45, 2.75) is 4.90 Å². The molecule has 2 rings (SSSR count). The molecule has 2 aromatic rings. The number of halogens is 2. The van der Waals surface area contributed by atoms with Crippen LogP contribution in [0.25, 0.3) is 0 Å². The summed E-state index contributed by atoms with van der Waals surface area (Å²) in [6, 6.07) is 14.9. The van der Waals surface area contributed by atoms with E-state index in [0.717, 1.165) is 9.37 Å². The van der Waals surface area contributed by atoms with Gasteiger partial charge in [-0.15, -0.1) is 11.8 Å². The molecule has 0 saturated heterocycles. The third-order valence-corrected chi connectivity index (χ3v) is 4.11. The van der Waals surface area contributed by atoms with Gasteiger partial charge in [0, 0.05) is 20.0 Å². The van der Waals surface area contributed by atoms with Crippen LogP contribution in [-0.4, -0.2) is 11.5 Å². The summed E-state index contributed by atoms with van der Waals surface area (Å²) in [6.45, 7) is 0. The molecule has 0 bridgehead atoms. The number of thioether (sulfide) groups is 1. The van der Waals surface area contributed by atoms with Crippen LogP contribution in [0.3, 0.4) is 0 Å². The summed E-state index contributed by atoms with van der Waals surface area (Å²) in [5.41, 5.74) is 0.659. The highest BCUT2D eigenvalue weighted by molar-refractivity contribution is 9.10. The van der Waals surface area contributed by atoms with Gasteiger partial charge in [-0.1, -0.05) is 39.7 Å². The number of benzene rings is 2. The van der Waals surface area contributed by atoms with Gasteiger partial charge in [0.2, 0.25) is 0 Å². The molecule has 0 heterocycles. The lowest BCUT2D eigenvalue weighted by Gasteiger charge is -2.02. The maximum atomic E-state index is 11.9. The molecule has 0 N–H and O–H groups in total. The Hall–Kier alpha value is -0.770. The predicted molar refractivity (Wildman–Crippen MR) is 80.6 cm³/mol. The second kappa shape index (κ2) is 6.41. The van der Waals surface area contributed by atoms with Crippen molar-refractivity contribution in [3.63, 3.8) is 0 Å². The maximum Gasteiger partial charge on any atom is 0.173 e. The standard InChI is InChI=1S/C14H10BrClOS/c15-11-4-6-13(7-5-11)18-9-14(17)10-2-1-3-12(16)8-10/h1-8H,9H2. The zero-order valence-electron chi connectivity index (χ0n) is 9.40. The Balaban J connectivity index is 1.98. The monoisotopic (exact) mass is 340 g/mol. The normalized spacial score (nSPS) is 10.3. The van der Waals surface area contributed by atoms with Gasteiger partial charge in [-0.2, -0.15) is 0 Å². The fraction of sp³-hybridized carbons (Fsp3) is 0.0714. The molecule has 1 nitrogen and oxygen atoms in total. The van der Waals surface area contributed by atoms with E-state index in [1.807, 2.05) is 24.3 Å². The van der Waals surface area contributed by atoms with E-state index in [-0.39, 0.29) is 5.78 Å². The van der Waals surface area contributed by atoms with Gasteiger partial charge in [0.15, 0.2) is 5.78 Å². The smallest absolute Gasteiger partial charge is 0.173 e. The molecule has 4 heteroatoms. The molecular weight excluding hydrogens is 332 g/mol. The molecule has 18 heavy (non-hydrogen) atoms. The third-order valence-electron chi connectivity index (χ3n) is 2.33. The van der Waals surface area contributed by atoms with Crippen LogP contribution in [0.2, 0.25) is 5.02 Å². The highest BCUT2D eigenvalue weighted by Gasteiger charge is 2.06. The van der Waals surface area contributed by atoms with Gasteiger partial charge in [-0.05, 0) is 36.4 Å². The average molecular weight is 342 g/mol. The Bertz CT molecular complexity index is 554. The third kappa shape index (κ3) is 3.87. The molecule has 0 atom stereocenters. The summed E-state index contributed by atoms with van der Waals surface area (Å²) in [7, 11) is 0. The lowest BCUT2D eigenvalue weighted by Crippen LogP contribution is -2.01. The van der Waals surface area contributed by atoms with Crippen LogP contribution >= 0.6 is 39.3 Å². The summed E-state index contributed by atoms with van der Waals surface area (Å²) in [5, 5.41) is 0.592. The van der Waals surface area contributed by atoms with Crippen LogP contribution in [0.1, 0.15) is 10.4 Å². The van der Waals surface area contributed by atoms with Gasteiger partial charge in [0.25, 0.3) is 0 Å². The summed E-state index contributed by atoms with van der Waals surface area (Å²) < 4.78 is 1.04. The van der Waals surface area contributed by atoms with E-state index in [1.54, 1.807) is 24.3 Å². The first kappa shape index (κ1) is 13.7. The van der Waals surface area contributed by atoms with Crippen LogP contribution in [0.15, 0.2) is 57.9 Å². The first-order valence-corrected chi connectivity index (χ1v) is 7.48. The van der Waals surface area contributed by atoms with Crippen LogP contribution in [0, 0.1) is 0 Å². The molecule has 0 saturated carbocycles. The Morgan fingerprint density at radius 2 is 1.89 bits per heavy atom. The molecule has 0 spiro atoms. The van der Waals surface area contributed by atoms with E-state index in [0.29, 0.717) is 16.3 Å². The molecule has 0 radical (unpaired) electrons.